The lowest BCUT2D eigenvalue weighted by Crippen LogP contribution is -2.27. The van der Waals surface area contributed by atoms with Crippen LogP contribution in [-0.2, 0) is 6.42 Å². The third-order valence-electron chi connectivity index (χ3n) is 2.46. The predicted octanol–water partition coefficient (Wildman–Crippen LogP) is 2.54. The van der Waals surface area contributed by atoms with Gasteiger partial charge in [-0.2, -0.15) is 0 Å². The quantitative estimate of drug-likeness (QED) is 0.838. The Morgan fingerprint density at radius 2 is 2.00 bits per heavy atom. The van der Waals surface area contributed by atoms with Crippen molar-refractivity contribution in [2.45, 2.75) is 38.4 Å². The SMILES string of the molecule is CCCC(O)C(O)Cc1ccc(F)c(Cl)c1. The summed E-state index contributed by atoms with van der Waals surface area (Å²) in [7, 11) is 0. The maximum absolute atomic E-state index is 12.9. The molecule has 0 saturated carbocycles. The fourth-order valence-corrected chi connectivity index (χ4v) is 1.74. The van der Waals surface area contributed by atoms with Crippen LogP contribution in [0.25, 0.3) is 0 Å². The van der Waals surface area contributed by atoms with Gasteiger partial charge in [0.1, 0.15) is 5.82 Å². The van der Waals surface area contributed by atoms with Crippen LogP contribution in [0.4, 0.5) is 4.39 Å². The van der Waals surface area contributed by atoms with Crippen molar-refractivity contribution in [3.63, 3.8) is 0 Å². The minimum atomic E-state index is -0.832. The van der Waals surface area contributed by atoms with Gasteiger partial charge in [-0.25, -0.2) is 4.39 Å². The largest absolute Gasteiger partial charge is 0.390 e. The number of hydrogen-bond acceptors (Lipinski definition) is 2. The lowest BCUT2D eigenvalue weighted by molar-refractivity contribution is 0.0148. The fraction of sp³-hybridized carbons (Fsp3) is 0.500. The summed E-state index contributed by atoms with van der Waals surface area (Å²) in [6.07, 6.45) is 0.0648. The molecule has 2 nitrogen and oxygen atoms in total. The summed E-state index contributed by atoms with van der Waals surface area (Å²) < 4.78 is 12.9. The minimum absolute atomic E-state index is 0.0367. The molecule has 0 aromatic heterocycles. The van der Waals surface area contributed by atoms with Crippen molar-refractivity contribution in [3.05, 3.63) is 34.6 Å². The maximum Gasteiger partial charge on any atom is 0.141 e. The van der Waals surface area contributed by atoms with Crippen LogP contribution in [0.2, 0.25) is 5.02 Å². The second kappa shape index (κ2) is 6.18. The maximum atomic E-state index is 12.9. The van der Waals surface area contributed by atoms with Gasteiger partial charge in [0, 0.05) is 6.42 Å². The van der Waals surface area contributed by atoms with Gasteiger partial charge < -0.3 is 10.2 Å². The lowest BCUT2D eigenvalue weighted by Gasteiger charge is -2.17. The number of aliphatic hydroxyl groups is 2. The topological polar surface area (TPSA) is 40.5 Å². The van der Waals surface area contributed by atoms with Crippen LogP contribution in [0, 0.1) is 5.82 Å². The molecule has 2 atom stereocenters. The molecule has 0 amide bonds. The second-order valence-electron chi connectivity index (χ2n) is 3.88. The Balaban J connectivity index is 2.62. The van der Waals surface area contributed by atoms with Gasteiger partial charge in [-0.15, -0.1) is 0 Å². The highest BCUT2D eigenvalue weighted by atomic mass is 35.5. The Morgan fingerprint density at radius 1 is 1.31 bits per heavy atom. The van der Waals surface area contributed by atoms with E-state index in [2.05, 4.69) is 0 Å². The van der Waals surface area contributed by atoms with Crippen LogP contribution >= 0.6 is 11.6 Å². The first-order valence-corrected chi connectivity index (χ1v) is 5.72. The molecule has 0 aliphatic carbocycles. The third-order valence-corrected chi connectivity index (χ3v) is 2.75. The summed E-state index contributed by atoms with van der Waals surface area (Å²) in [5, 5.41) is 19.3. The molecule has 0 radical (unpaired) electrons. The molecule has 0 bridgehead atoms. The first-order chi connectivity index (χ1) is 7.54. The van der Waals surface area contributed by atoms with E-state index < -0.39 is 18.0 Å². The van der Waals surface area contributed by atoms with Gasteiger partial charge in [0.05, 0.1) is 17.2 Å². The highest BCUT2D eigenvalue weighted by molar-refractivity contribution is 6.30. The van der Waals surface area contributed by atoms with Gasteiger partial charge in [0.25, 0.3) is 0 Å². The smallest absolute Gasteiger partial charge is 0.141 e. The van der Waals surface area contributed by atoms with Gasteiger partial charge in [-0.3, -0.25) is 0 Å². The van der Waals surface area contributed by atoms with Crippen LogP contribution < -0.4 is 0 Å². The Labute approximate surface area is 99.7 Å². The molecule has 1 rings (SSSR count). The monoisotopic (exact) mass is 246 g/mol. The molecule has 0 saturated heterocycles. The van der Waals surface area contributed by atoms with Crippen molar-refractivity contribution >= 4 is 11.6 Å². The van der Waals surface area contributed by atoms with Crippen molar-refractivity contribution in [1.82, 2.24) is 0 Å². The van der Waals surface area contributed by atoms with Crippen LogP contribution in [0.15, 0.2) is 18.2 Å². The Kier molecular flexibility index (Phi) is 5.19. The van der Waals surface area contributed by atoms with Crippen molar-refractivity contribution in [1.29, 1.82) is 0 Å². The molecular weight excluding hydrogens is 231 g/mol. The van der Waals surface area contributed by atoms with E-state index in [-0.39, 0.29) is 11.4 Å². The average molecular weight is 247 g/mol. The summed E-state index contributed by atoms with van der Waals surface area (Å²) in [5.41, 5.74) is 0.717. The van der Waals surface area contributed by atoms with E-state index in [1.165, 1.54) is 12.1 Å². The van der Waals surface area contributed by atoms with Gasteiger partial charge in [0.15, 0.2) is 0 Å². The summed E-state index contributed by atoms with van der Waals surface area (Å²) >= 11 is 5.62. The zero-order valence-electron chi connectivity index (χ0n) is 9.16. The van der Waals surface area contributed by atoms with E-state index in [9.17, 15) is 14.6 Å². The van der Waals surface area contributed by atoms with Gasteiger partial charge in [0.2, 0.25) is 0 Å². The molecule has 0 fully saturated rings. The molecule has 2 unspecified atom stereocenters. The molecule has 16 heavy (non-hydrogen) atoms. The highest BCUT2D eigenvalue weighted by Gasteiger charge is 2.16. The average Bonchev–Trinajstić information content (AvgIpc) is 2.24. The fourth-order valence-electron chi connectivity index (χ4n) is 1.53. The normalized spacial score (nSPS) is 14.8. The van der Waals surface area contributed by atoms with E-state index in [0.717, 1.165) is 6.42 Å². The Morgan fingerprint density at radius 3 is 2.56 bits per heavy atom. The standard InChI is InChI=1S/C12H16ClFO2/c1-2-3-11(15)12(16)7-8-4-5-10(14)9(13)6-8/h4-6,11-12,15-16H,2-3,7H2,1H3. The number of halogens is 2. The second-order valence-corrected chi connectivity index (χ2v) is 4.28. The van der Waals surface area contributed by atoms with E-state index in [1.54, 1.807) is 6.07 Å². The minimum Gasteiger partial charge on any atom is -0.390 e. The number of benzene rings is 1. The predicted molar refractivity (Wildman–Crippen MR) is 62.0 cm³/mol. The van der Waals surface area contributed by atoms with E-state index in [4.69, 9.17) is 11.6 Å². The summed E-state index contributed by atoms with van der Waals surface area (Å²) in [5.74, 6) is -0.478. The molecule has 0 aliphatic rings. The number of rotatable bonds is 5. The molecule has 0 heterocycles. The first kappa shape index (κ1) is 13.4. The van der Waals surface area contributed by atoms with E-state index >= 15 is 0 Å². The summed E-state index contributed by atoms with van der Waals surface area (Å²) in [6.45, 7) is 1.94. The molecular formula is C12H16ClFO2. The van der Waals surface area contributed by atoms with Crippen molar-refractivity contribution in [2.24, 2.45) is 0 Å². The molecule has 0 aliphatic heterocycles. The summed E-state index contributed by atoms with van der Waals surface area (Å²) in [4.78, 5) is 0. The van der Waals surface area contributed by atoms with Crippen LogP contribution in [0.1, 0.15) is 25.3 Å². The molecule has 4 heteroatoms. The van der Waals surface area contributed by atoms with Gasteiger partial charge in [-0.05, 0) is 24.1 Å². The zero-order valence-corrected chi connectivity index (χ0v) is 9.91. The van der Waals surface area contributed by atoms with Gasteiger partial charge >= 0.3 is 0 Å². The van der Waals surface area contributed by atoms with E-state index in [0.29, 0.717) is 12.0 Å². The molecule has 1 aromatic carbocycles. The van der Waals surface area contributed by atoms with Crippen molar-refractivity contribution in [2.75, 3.05) is 0 Å². The van der Waals surface area contributed by atoms with Crippen LogP contribution in [0.3, 0.4) is 0 Å². The van der Waals surface area contributed by atoms with E-state index in [1.807, 2.05) is 6.92 Å². The van der Waals surface area contributed by atoms with Gasteiger partial charge in [-0.1, -0.05) is 31.0 Å². The molecule has 0 spiro atoms. The molecule has 90 valence electrons. The van der Waals surface area contributed by atoms with Crippen LogP contribution in [-0.4, -0.2) is 22.4 Å². The van der Waals surface area contributed by atoms with Crippen LogP contribution in [0.5, 0.6) is 0 Å². The number of hydrogen-bond donors (Lipinski definition) is 2. The highest BCUT2D eigenvalue weighted by Crippen LogP contribution is 2.18. The van der Waals surface area contributed by atoms with Crippen molar-refractivity contribution in [3.8, 4) is 0 Å². The summed E-state index contributed by atoms with van der Waals surface area (Å²) in [6, 6.07) is 4.29. The third kappa shape index (κ3) is 3.74. The Bertz CT molecular complexity index is 344. The zero-order chi connectivity index (χ0) is 12.1. The Hall–Kier alpha value is -0.640. The van der Waals surface area contributed by atoms with Crippen molar-refractivity contribution < 1.29 is 14.6 Å². The molecule has 1 aromatic rings. The number of aliphatic hydroxyl groups excluding tert-OH is 2. The molecule has 2 N–H and O–H groups in total. The lowest BCUT2D eigenvalue weighted by atomic mass is 10.0. The first-order valence-electron chi connectivity index (χ1n) is 5.34.